The molecule has 82 heavy (non-hydrogen) atoms. The zero-order chi connectivity index (χ0) is 55.5. The Hall–Kier alpha value is -8.65. The van der Waals surface area contributed by atoms with Crippen LogP contribution in [-0.4, -0.2) is 72.9 Å². The molecule has 0 aliphatic carbocycles. The van der Waals surface area contributed by atoms with E-state index in [4.69, 9.17) is 5.26 Å². The summed E-state index contributed by atoms with van der Waals surface area (Å²) >= 11 is 0. The number of nitrogens with zero attached hydrogens (tertiary/aromatic N) is 11. The molecular formula is C65H61F6N11. The normalized spacial score (nSPS) is 18.9. The molecule has 0 bridgehead atoms. The van der Waals surface area contributed by atoms with Crippen LogP contribution >= 0.6 is 0 Å². The number of imidazole rings is 3. The predicted molar refractivity (Wildman–Crippen MR) is 305 cm³/mol. The van der Waals surface area contributed by atoms with Gasteiger partial charge < -0.3 is 28.4 Å². The highest BCUT2D eigenvalue weighted by molar-refractivity contribution is 5.71. The first-order valence-electron chi connectivity index (χ1n) is 27.8. The number of anilines is 3. The zero-order valence-corrected chi connectivity index (χ0v) is 44.5. The average molecular weight is 1110 g/mol. The number of aryl methyl sites for hydroxylation is 1. The number of hydrogen-bond acceptors (Lipinski definition) is 8. The summed E-state index contributed by atoms with van der Waals surface area (Å²) in [7, 11) is 0. The molecule has 0 saturated carbocycles. The number of benzene rings is 5. The second-order valence-electron chi connectivity index (χ2n) is 22.0. The third kappa shape index (κ3) is 9.64. The van der Waals surface area contributed by atoms with Crippen LogP contribution in [-0.2, 0) is 0 Å². The molecule has 15 rings (SSSR count). The molecule has 0 N–H and O–H groups in total. The second kappa shape index (κ2) is 22.4. The Kier molecular flexibility index (Phi) is 14.7. The molecule has 9 aromatic rings. The summed E-state index contributed by atoms with van der Waals surface area (Å²) in [6, 6.07) is 30.6. The van der Waals surface area contributed by atoms with Crippen molar-refractivity contribution in [1.29, 1.82) is 5.26 Å². The maximum atomic E-state index is 14.7. The van der Waals surface area contributed by atoms with Crippen molar-refractivity contribution in [3.8, 4) is 39.8 Å². The minimum Gasteiger partial charge on any atom is -0.371 e. The molecule has 4 aromatic heterocycles. The van der Waals surface area contributed by atoms with E-state index in [-0.39, 0.29) is 60.4 Å². The predicted octanol–water partition coefficient (Wildman–Crippen LogP) is 14.2. The van der Waals surface area contributed by atoms with Crippen LogP contribution in [0.15, 0.2) is 147 Å². The van der Waals surface area contributed by atoms with E-state index in [1.54, 1.807) is 61.4 Å². The fourth-order valence-corrected chi connectivity index (χ4v) is 13.7. The van der Waals surface area contributed by atoms with E-state index in [1.165, 1.54) is 35.9 Å². The lowest BCUT2D eigenvalue weighted by molar-refractivity contribution is 0.311. The van der Waals surface area contributed by atoms with Crippen LogP contribution < -0.4 is 14.7 Å². The summed E-state index contributed by atoms with van der Waals surface area (Å²) in [5, 5.41) is 8.90. The van der Waals surface area contributed by atoms with Crippen molar-refractivity contribution in [2.24, 2.45) is 17.8 Å². The fourth-order valence-electron chi connectivity index (χ4n) is 13.7. The number of rotatable bonds is 6. The molecular weight excluding hydrogens is 1050 g/mol. The third-order valence-corrected chi connectivity index (χ3v) is 17.7. The highest BCUT2D eigenvalue weighted by Gasteiger charge is 2.41. The molecule has 11 nitrogen and oxygen atoms in total. The number of pyridine rings is 1. The lowest BCUT2D eigenvalue weighted by atomic mass is 9.85. The van der Waals surface area contributed by atoms with Crippen molar-refractivity contribution >= 4 is 17.2 Å². The zero-order valence-electron chi connectivity index (χ0n) is 44.5. The van der Waals surface area contributed by atoms with E-state index in [2.05, 4.69) is 67.4 Å². The SMILES string of the molecule is C.Cc1ccc(N2CCC(C3c4c(F)cccc4-c4cncn43)CC2)nc1.Fc1ccc(N2CCC(C3c4c(F)cccc4-c4cncn43)CC2)cc1F.N#Cc1ccc(N2CCC(C3c4c(F)cccc4-c4cncn43)CC2)cc1F. The molecule has 3 atom stereocenters. The monoisotopic (exact) mass is 1110 g/mol. The summed E-state index contributed by atoms with van der Waals surface area (Å²) in [5.74, 6) is -0.604. The first-order chi connectivity index (χ1) is 39.5. The first-order valence-corrected chi connectivity index (χ1v) is 27.8. The van der Waals surface area contributed by atoms with Gasteiger partial charge in [-0.2, -0.15) is 5.26 Å². The lowest BCUT2D eigenvalue weighted by Crippen LogP contribution is -2.37. The Morgan fingerprint density at radius 3 is 1.22 bits per heavy atom. The summed E-state index contributed by atoms with van der Waals surface area (Å²) < 4.78 is 91.0. The van der Waals surface area contributed by atoms with E-state index >= 15 is 0 Å². The second-order valence-corrected chi connectivity index (χ2v) is 22.0. The van der Waals surface area contributed by atoms with Crippen LogP contribution in [0.3, 0.4) is 0 Å². The highest BCUT2D eigenvalue weighted by atomic mass is 19.2. The molecule has 17 heteroatoms. The van der Waals surface area contributed by atoms with Crippen molar-refractivity contribution in [2.45, 2.75) is 71.0 Å². The van der Waals surface area contributed by atoms with E-state index in [9.17, 15) is 26.3 Å². The molecule has 418 valence electrons. The van der Waals surface area contributed by atoms with Crippen molar-refractivity contribution in [1.82, 2.24) is 33.6 Å². The minimum atomic E-state index is -0.834. The van der Waals surface area contributed by atoms with Gasteiger partial charge in [-0.3, -0.25) is 0 Å². The molecule has 5 aromatic carbocycles. The summed E-state index contributed by atoms with van der Waals surface area (Å²) in [5.41, 5.74) is 10.9. The van der Waals surface area contributed by atoms with Crippen molar-refractivity contribution in [3.63, 3.8) is 0 Å². The van der Waals surface area contributed by atoms with Crippen molar-refractivity contribution in [3.05, 3.63) is 210 Å². The maximum Gasteiger partial charge on any atom is 0.160 e. The number of hydrogen-bond donors (Lipinski definition) is 0. The number of nitriles is 1. The Balaban J connectivity index is 0.000000121. The first kappa shape index (κ1) is 54.0. The minimum absolute atomic E-state index is 0. The molecule has 3 unspecified atom stereocenters. The average Bonchev–Trinajstić information content (AvgIpc) is 3.23. The van der Waals surface area contributed by atoms with Gasteiger partial charge in [0.15, 0.2) is 11.6 Å². The number of piperidine rings is 3. The topological polar surface area (TPSA) is 99.9 Å². The van der Waals surface area contributed by atoms with E-state index in [1.807, 2.05) is 43.0 Å². The Morgan fingerprint density at radius 2 is 0.841 bits per heavy atom. The summed E-state index contributed by atoms with van der Waals surface area (Å²) in [4.78, 5) is 23.9. The maximum absolute atomic E-state index is 14.7. The molecule has 6 aliphatic rings. The quantitative estimate of drug-likeness (QED) is 0.152. The molecule has 0 amide bonds. The van der Waals surface area contributed by atoms with Crippen LogP contribution in [0, 0.1) is 70.9 Å². The van der Waals surface area contributed by atoms with Gasteiger partial charge in [-0.05, 0) is 123 Å². The number of aromatic nitrogens is 7. The van der Waals surface area contributed by atoms with Gasteiger partial charge in [0.1, 0.15) is 35.2 Å². The summed E-state index contributed by atoms with van der Waals surface area (Å²) in [6.45, 7) is 6.93. The van der Waals surface area contributed by atoms with Crippen molar-refractivity contribution in [2.75, 3.05) is 54.0 Å². The standard InChI is InChI=1S/C22H18F2N4.C21H18F3N3.C21H21FN4.CH4/c23-18-3-1-2-17-20-12-26-13-28(20)22(21(17)18)14-6-8-27(9-7-14)16-5-4-15(11-25)19(24)10-16;22-16-5-4-14(10-18(16)24)26-8-6-13(7-9-26)21-20-15(2-1-3-17(20)23)19-11-25-12-27(19)21;1-14-5-6-19(24-11-14)25-9-7-15(8-10-25)21-20-16(3-2-4-17(20)22)18-12-23-13-26(18)21;/h1-5,10,12-14,22H,6-9H2;1-5,10-13,21H,6-9H2;2-6,11-13,15,21H,7-10H2,1H3;1H4. The van der Waals surface area contributed by atoms with E-state index < -0.39 is 17.5 Å². The third-order valence-electron chi connectivity index (χ3n) is 17.7. The lowest BCUT2D eigenvalue weighted by Gasteiger charge is -2.37. The van der Waals surface area contributed by atoms with Crippen LogP contribution in [0.25, 0.3) is 33.8 Å². The van der Waals surface area contributed by atoms with Gasteiger partial charge >= 0.3 is 0 Å². The molecule has 6 aliphatic heterocycles. The van der Waals surface area contributed by atoms with Gasteiger partial charge in [0.25, 0.3) is 0 Å². The van der Waals surface area contributed by atoms with Crippen LogP contribution in [0.1, 0.15) is 91.9 Å². The van der Waals surface area contributed by atoms with E-state index in [0.29, 0.717) is 11.6 Å². The molecule has 3 fully saturated rings. The molecule has 0 spiro atoms. The largest absolute Gasteiger partial charge is 0.371 e. The Labute approximate surface area is 472 Å². The van der Waals surface area contributed by atoms with Crippen LogP contribution in [0.4, 0.5) is 43.5 Å². The van der Waals surface area contributed by atoms with Gasteiger partial charge in [0, 0.05) is 96.3 Å². The van der Waals surface area contributed by atoms with Gasteiger partial charge in [0.05, 0.1) is 78.3 Å². The molecule has 0 radical (unpaired) electrons. The number of halogens is 6. The number of fused-ring (bicyclic) bond motifs is 9. The molecule has 3 saturated heterocycles. The summed E-state index contributed by atoms with van der Waals surface area (Å²) in [6.07, 6.45) is 18.3. The van der Waals surface area contributed by atoms with E-state index in [0.717, 1.165) is 146 Å². The van der Waals surface area contributed by atoms with Crippen molar-refractivity contribution < 1.29 is 26.3 Å². The van der Waals surface area contributed by atoms with Crippen LogP contribution in [0.2, 0.25) is 0 Å². The van der Waals surface area contributed by atoms with Gasteiger partial charge in [-0.15, -0.1) is 0 Å². The molecule has 10 heterocycles. The Morgan fingerprint density at radius 1 is 0.439 bits per heavy atom. The van der Waals surface area contributed by atoms with Gasteiger partial charge in [-0.1, -0.05) is 49.9 Å². The fraction of sp³-hybridized carbons (Fsp3) is 0.308. The highest BCUT2D eigenvalue weighted by Crippen LogP contribution is 2.50. The van der Waals surface area contributed by atoms with Crippen LogP contribution in [0.5, 0.6) is 0 Å². The smallest absolute Gasteiger partial charge is 0.160 e. The Bertz CT molecular complexity index is 3820. The van der Waals surface area contributed by atoms with Gasteiger partial charge in [0.2, 0.25) is 0 Å². The van der Waals surface area contributed by atoms with Gasteiger partial charge in [-0.25, -0.2) is 46.3 Å².